The van der Waals surface area contributed by atoms with E-state index < -0.39 is 75.7 Å². The highest BCUT2D eigenvalue weighted by Crippen LogP contribution is 2.47. The molecule has 14 heteroatoms. The molecule has 6 unspecified atom stereocenters. The number of phosphoric acid groups is 1. The lowest BCUT2D eigenvalue weighted by atomic mass is 9.85. The molecule has 0 radical (unpaired) electrons. The number of carbonyl (C=O) groups is 2. The number of hydrogen-bond donors (Lipinski definition) is 6. The van der Waals surface area contributed by atoms with Gasteiger partial charge >= 0.3 is 19.8 Å². The first-order valence-electron chi connectivity index (χ1n) is 24.4. The van der Waals surface area contributed by atoms with Gasteiger partial charge in [0.05, 0.1) is 6.61 Å². The second-order valence-corrected chi connectivity index (χ2v) is 18.0. The van der Waals surface area contributed by atoms with Crippen LogP contribution in [0.2, 0.25) is 0 Å². The first-order chi connectivity index (χ1) is 31.4. The van der Waals surface area contributed by atoms with E-state index in [4.69, 9.17) is 18.5 Å². The average molecular weight is 937 g/mol. The Kier molecular flexibility index (Phi) is 37.1. The molecule has 65 heavy (non-hydrogen) atoms. The number of unbranched alkanes of at least 4 members (excludes halogenated alkanes) is 13. The van der Waals surface area contributed by atoms with Crippen LogP contribution in [0.15, 0.2) is 85.1 Å². The smallest absolute Gasteiger partial charge is 0.462 e. The van der Waals surface area contributed by atoms with E-state index in [2.05, 4.69) is 98.9 Å². The zero-order chi connectivity index (χ0) is 47.8. The molecule has 0 aromatic carbocycles. The van der Waals surface area contributed by atoms with Gasteiger partial charge in [-0.05, 0) is 83.5 Å². The van der Waals surface area contributed by atoms with Crippen LogP contribution < -0.4 is 0 Å². The minimum Gasteiger partial charge on any atom is -0.462 e. The Balaban J connectivity index is 2.45. The summed E-state index contributed by atoms with van der Waals surface area (Å²) in [6, 6.07) is 0. The highest BCUT2D eigenvalue weighted by Gasteiger charge is 2.51. The quantitative estimate of drug-likeness (QED) is 0.0147. The molecule has 1 fully saturated rings. The second-order valence-electron chi connectivity index (χ2n) is 16.6. The van der Waals surface area contributed by atoms with Crippen LogP contribution in [0.3, 0.4) is 0 Å². The monoisotopic (exact) mass is 937 g/mol. The highest BCUT2D eigenvalue weighted by molar-refractivity contribution is 7.47. The number of aliphatic hydroxyl groups is 5. The number of ether oxygens (including phenoxy) is 2. The van der Waals surface area contributed by atoms with E-state index in [1.807, 2.05) is 0 Å². The van der Waals surface area contributed by atoms with Crippen molar-refractivity contribution >= 4 is 19.8 Å². The molecule has 6 atom stereocenters. The summed E-state index contributed by atoms with van der Waals surface area (Å²) in [5.41, 5.74) is 0. The first kappa shape index (κ1) is 60.0. The zero-order valence-corrected chi connectivity index (χ0v) is 40.4. The van der Waals surface area contributed by atoms with E-state index in [1.54, 1.807) is 0 Å². The number of esters is 2. The van der Waals surface area contributed by atoms with Gasteiger partial charge in [0.2, 0.25) is 0 Å². The fourth-order valence-corrected chi connectivity index (χ4v) is 7.85. The minimum atomic E-state index is -5.13. The number of hydrogen-bond acceptors (Lipinski definition) is 12. The van der Waals surface area contributed by atoms with Crippen LogP contribution in [0.4, 0.5) is 0 Å². The molecule has 0 aromatic rings. The molecule has 1 rings (SSSR count). The fourth-order valence-electron chi connectivity index (χ4n) is 6.88. The maximum absolute atomic E-state index is 12.8. The summed E-state index contributed by atoms with van der Waals surface area (Å²) >= 11 is 0. The van der Waals surface area contributed by atoms with Crippen molar-refractivity contribution < 1.29 is 63.1 Å². The normalized spacial score (nSPS) is 22.2. The third kappa shape index (κ3) is 32.4. The summed E-state index contributed by atoms with van der Waals surface area (Å²) in [7, 11) is -5.13. The van der Waals surface area contributed by atoms with Crippen LogP contribution in [0, 0.1) is 0 Å². The lowest BCUT2D eigenvalue weighted by Crippen LogP contribution is -2.64. The summed E-state index contributed by atoms with van der Waals surface area (Å²) in [4.78, 5) is 35.8. The number of phosphoric ester groups is 1. The van der Waals surface area contributed by atoms with Gasteiger partial charge in [0.15, 0.2) is 6.10 Å². The van der Waals surface area contributed by atoms with E-state index >= 15 is 0 Å². The Bertz CT molecular complexity index is 1460. The van der Waals surface area contributed by atoms with Crippen molar-refractivity contribution in [3.63, 3.8) is 0 Å². The second kappa shape index (κ2) is 40.1. The van der Waals surface area contributed by atoms with Crippen molar-refractivity contribution in [2.75, 3.05) is 13.2 Å². The molecule has 372 valence electrons. The van der Waals surface area contributed by atoms with E-state index in [0.29, 0.717) is 12.8 Å². The molecule has 1 saturated carbocycles. The van der Waals surface area contributed by atoms with Crippen LogP contribution in [-0.4, -0.2) is 98.3 Å². The Morgan fingerprint density at radius 1 is 0.477 bits per heavy atom. The minimum absolute atomic E-state index is 0.0734. The van der Waals surface area contributed by atoms with Gasteiger partial charge in [0.25, 0.3) is 0 Å². The Morgan fingerprint density at radius 3 is 1.26 bits per heavy atom. The molecule has 0 bridgehead atoms. The number of allylic oxidation sites excluding steroid dienone is 14. The molecule has 0 spiro atoms. The van der Waals surface area contributed by atoms with Gasteiger partial charge in [-0.25, -0.2) is 4.57 Å². The third-order valence-corrected chi connectivity index (χ3v) is 11.7. The van der Waals surface area contributed by atoms with Gasteiger partial charge in [-0.15, -0.1) is 0 Å². The van der Waals surface area contributed by atoms with Crippen LogP contribution in [0.1, 0.15) is 168 Å². The molecule has 0 saturated heterocycles. The highest BCUT2D eigenvalue weighted by atomic mass is 31.2. The van der Waals surface area contributed by atoms with Gasteiger partial charge in [-0.1, -0.05) is 157 Å². The number of aliphatic hydroxyl groups excluding tert-OH is 5. The van der Waals surface area contributed by atoms with Crippen molar-refractivity contribution in [2.24, 2.45) is 0 Å². The Morgan fingerprint density at radius 2 is 0.831 bits per heavy atom. The molecule has 0 heterocycles. The number of carbonyl (C=O) groups excluding carboxylic acids is 2. The van der Waals surface area contributed by atoms with Crippen molar-refractivity contribution in [1.29, 1.82) is 0 Å². The van der Waals surface area contributed by atoms with Gasteiger partial charge in [0.1, 0.15) is 43.2 Å². The third-order valence-electron chi connectivity index (χ3n) is 10.7. The molecule has 0 amide bonds. The topological polar surface area (TPSA) is 210 Å². The molecule has 1 aliphatic rings. The SMILES string of the molecule is CC/C=C\C/C=C\C/C=C\C/C=C\CCCCCCCCC(=O)OC(COC(=O)CCCCCCCCC/C=C\C/C=C\C/C=C\CC)COP(=O)(O)OC1C(O)C(O)C(O)C(O)C1O. The van der Waals surface area contributed by atoms with E-state index in [1.165, 1.54) is 0 Å². The maximum Gasteiger partial charge on any atom is 0.472 e. The lowest BCUT2D eigenvalue weighted by Gasteiger charge is -2.41. The van der Waals surface area contributed by atoms with Crippen molar-refractivity contribution in [3.05, 3.63) is 85.1 Å². The van der Waals surface area contributed by atoms with E-state index in [0.717, 1.165) is 128 Å². The van der Waals surface area contributed by atoms with Crippen LogP contribution in [-0.2, 0) is 32.7 Å². The average Bonchev–Trinajstić information content (AvgIpc) is 3.29. The summed E-state index contributed by atoms with van der Waals surface area (Å²) < 4.78 is 33.6. The molecule has 0 aromatic heterocycles. The molecular formula is C51H85O13P. The molecule has 1 aliphatic carbocycles. The molecule has 13 nitrogen and oxygen atoms in total. The number of rotatable bonds is 39. The summed E-state index contributed by atoms with van der Waals surface area (Å²) in [5.74, 6) is -1.13. The van der Waals surface area contributed by atoms with Crippen LogP contribution in [0.25, 0.3) is 0 Å². The molecule has 0 aliphatic heterocycles. The summed E-state index contributed by atoms with van der Waals surface area (Å²) in [6.45, 7) is 3.06. The maximum atomic E-state index is 12.8. The largest absolute Gasteiger partial charge is 0.472 e. The molecular weight excluding hydrogens is 852 g/mol. The van der Waals surface area contributed by atoms with Gasteiger partial charge < -0.3 is 39.9 Å². The van der Waals surface area contributed by atoms with E-state index in [9.17, 15) is 44.6 Å². The van der Waals surface area contributed by atoms with Gasteiger partial charge in [-0.3, -0.25) is 18.6 Å². The molecule has 6 N–H and O–H groups in total. The Hall–Kier alpha value is -2.97. The van der Waals surface area contributed by atoms with Gasteiger partial charge in [0, 0.05) is 12.8 Å². The van der Waals surface area contributed by atoms with Crippen molar-refractivity contribution in [3.8, 4) is 0 Å². The summed E-state index contributed by atoms with van der Waals surface area (Å²) in [6.07, 6.45) is 39.1. The predicted octanol–water partition coefficient (Wildman–Crippen LogP) is 10.1. The predicted molar refractivity (Wildman–Crippen MR) is 258 cm³/mol. The van der Waals surface area contributed by atoms with Crippen LogP contribution >= 0.6 is 7.82 Å². The van der Waals surface area contributed by atoms with Crippen LogP contribution in [0.5, 0.6) is 0 Å². The standard InChI is InChI=1S/C51H85O13P/c1-3-5-7-9-11-13-15-17-19-21-22-24-26-28-30-32-34-36-38-40-45(53)63-43(42-62-65(59,60)64-51-49(57)47(55)46(54)48(56)50(51)58)41-61-44(52)39-37-35-33-31-29-27-25-23-20-18-16-14-12-10-8-6-4-2/h5-8,11-14,17-20,22,24,43,46-51,54-58H,3-4,9-10,15-16,21,23,25-42H2,1-2H3,(H,59,60)/b7-5-,8-6-,13-11-,14-12-,19-17-,20-18-,24-22-. The van der Waals surface area contributed by atoms with Crippen molar-refractivity contribution in [2.45, 2.75) is 211 Å². The Labute approximate surface area is 390 Å². The fraction of sp³-hybridized carbons (Fsp3) is 0.686. The van der Waals surface area contributed by atoms with Crippen molar-refractivity contribution in [1.82, 2.24) is 0 Å². The first-order valence-corrected chi connectivity index (χ1v) is 25.9. The van der Waals surface area contributed by atoms with E-state index in [-0.39, 0.29) is 12.8 Å². The van der Waals surface area contributed by atoms with Gasteiger partial charge in [-0.2, -0.15) is 0 Å². The lowest BCUT2D eigenvalue weighted by molar-refractivity contribution is -0.220. The zero-order valence-electron chi connectivity index (χ0n) is 39.5. The summed E-state index contributed by atoms with van der Waals surface area (Å²) in [5, 5.41) is 50.2.